The Balaban J connectivity index is 2.83. The molecule has 0 amide bonds. The standard InChI is InChI=1S/C9H15N3O3/c1-6(2)15-12-8-5-3-4-7(10-13)9(8)11-14/h6,13-14H,3-5H2,1-2H3/b10-7?,11-9-,12-8+. The van der Waals surface area contributed by atoms with Crippen molar-refractivity contribution in [2.75, 3.05) is 0 Å². The molecule has 2 N–H and O–H groups in total. The molecule has 0 bridgehead atoms. The maximum Gasteiger partial charge on any atom is 0.152 e. The molecule has 0 atom stereocenters. The minimum Gasteiger partial charge on any atom is -0.411 e. The van der Waals surface area contributed by atoms with Crippen molar-refractivity contribution in [2.45, 2.75) is 39.2 Å². The molecule has 1 fully saturated rings. The van der Waals surface area contributed by atoms with E-state index in [4.69, 9.17) is 15.3 Å². The lowest BCUT2D eigenvalue weighted by Crippen LogP contribution is -2.29. The Morgan fingerprint density at radius 2 is 1.80 bits per heavy atom. The fourth-order valence-electron chi connectivity index (χ4n) is 1.30. The molecule has 0 saturated heterocycles. The molecule has 1 aliphatic rings. The van der Waals surface area contributed by atoms with E-state index in [9.17, 15) is 0 Å². The fraction of sp³-hybridized carbons (Fsp3) is 0.667. The highest BCUT2D eigenvalue weighted by Crippen LogP contribution is 2.12. The maximum absolute atomic E-state index is 8.79. The van der Waals surface area contributed by atoms with Crippen molar-refractivity contribution in [3.8, 4) is 0 Å². The lowest BCUT2D eigenvalue weighted by molar-refractivity contribution is 0.0859. The van der Waals surface area contributed by atoms with Crippen LogP contribution in [0.5, 0.6) is 0 Å². The Kier molecular flexibility index (Phi) is 4.08. The molecule has 0 aliphatic heterocycles. The highest BCUT2D eigenvalue weighted by Gasteiger charge is 2.23. The second-order valence-corrected chi connectivity index (χ2v) is 3.54. The SMILES string of the molecule is CC(C)O/N=C1\CCCC(=NO)\C1=N\O. The summed E-state index contributed by atoms with van der Waals surface area (Å²) in [6, 6.07) is 0. The Bertz CT molecular complexity index is 308. The van der Waals surface area contributed by atoms with Crippen molar-refractivity contribution in [3.63, 3.8) is 0 Å². The number of hydrogen-bond acceptors (Lipinski definition) is 6. The van der Waals surface area contributed by atoms with Crippen molar-refractivity contribution in [1.82, 2.24) is 0 Å². The Labute approximate surface area is 87.9 Å². The first-order valence-electron chi connectivity index (χ1n) is 4.85. The van der Waals surface area contributed by atoms with Gasteiger partial charge in [-0.25, -0.2) is 0 Å². The molecular weight excluding hydrogens is 198 g/mol. The van der Waals surface area contributed by atoms with Gasteiger partial charge in [-0.2, -0.15) is 0 Å². The van der Waals surface area contributed by atoms with E-state index >= 15 is 0 Å². The summed E-state index contributed by atoms with van der Waals surface area (Å²) >= 11 is 0. The third-order valence-electron chi connectivity index (χ3n) is 1.97. The molecule has 6 nitrogen and oxygen atoms in total. The maximum atomic E-state index is 8.79. The summed E-state index contributed by atoms with van der Waals surface area (Å²) in [5, 5.41) is 27.5. The molecule has 0 radical (unpaired) electrons. The average molecular weight is 213 g/mol. The highest BCUT2D eigenvalue weighted by atomic mass is 16.6. The zero-order chi connectivity index (χ0) is 11.3. The molecule has 0 unspecified atom stereocenters. The summed E-state index contributed by atoms with van der Waals surface area (Å²) in [5.41, 5.74) is 1.07. The number of oxime groups is 3. The van der Waals surface area contributed by atoms with Crippen LogP contribution < -0.4 is 0 Å². The molecule has 1 rings (SSSR count). The summed E-state index contributed by atoms with van der Waals surface area (Å²) in [6.45, 7) is 3.70. The smallest absolute Gasteiger partial charge is 0.152 e. The molecular formula is C9H15N3O3. The third-order valence-corrected chi connectivity index (χ3v) is 1.97. The molecule has 0 spiro atoms. The van der Waals surface area contributed by atoms with E-state index in [1.807, 2.05) is 13.8 Å². The van der Waals surface area contributed by atoms with Crippen LogP contribution >= 0.6 is 0 Å². The van der Waals surface area contributed by atoms with Gasteiger partial charge in [-0.15, -0.1) is 0 Å². The number of hydrogen-bond donors (Lipinski definition) is 2. The highest BCUT2D eigenvalue weighted by molar-refractivity contribution is 6.69. The van der Waals surface area contributed by atoms with Gasteiger partial charge in [-0.1, -0.05) is 15.5 Å². The monoisotopic (exact) mass is 213 g/mol. The van der Waals surface area contributed by atoms with Crippen molar-refractivity contribution in [3.05, 3.63) is 0 Å². The summed E-state index contributed by atoms with van der Waals surface area (Å²) in [7, 11) is 0. The first-order chi connectivity index (χ1) is 7.19. The van der Waals surface area contributed by atoms with Gasteiger partial charge in [0.25, 0.3) is 0 Å². The van der Waals surface area contributed by atoms with Gasteiger partial charge in [0.15, 0.2) is 5.71 Å². The normalized spacial score (nSPS) is 25.4. The minimum absolute atomic E-state index is 0.0334. The minimum atomic E-state index is -0.0334. The van der Waals surface area contributed by atoms with E-state index < -0.39 is 0 Å². The molecule has 1 aliphatic carbocycles. The molecule has 84 valence electrons. The van der Waals surface area contributed by atoms with Gasteiger partial charge in [0.05, 0.1) is 0 Å². The lowest BCUT2D eigenvalue weighted by atomic mass is 9.94. The molecule has 0 heterocycles. The lowest BCUT2D eigenvalue weighted by Gasteiger charge is -2.15. The Hall–Kier alpha value is -1.59. The second-order valence-electron chi connectivity index (χ2n) is 3.54. The van der Waals surface area contributed by atoms with Crippen LogP contribution in [0.25, 0.3) is 0 Å². The van der Waals surface area contributed by atoms with Gasteiger partial charge < -0.3 is 15.3 Å². The van der Waals surface area contributed by atoms with Gasteiger partial charge in [0.2, 0.25) is 0 Å². The quantitative estimate of drug-likeness (QED) is 0.539. The van der Waals surface area contributed by atoms with E-state index in [1.165, 1.54) is 0 Å². The second kappa shape index (κ2) is 5.33. The summed E-state index contributed by atoms with van der Waals surface area (Å²) < 4.78 is 0. The van der Waals surface area contributed by atoms with E-state index in [-0.39, 0.29) is 11.8 Å². The van der Waals surface area contributed by atoms with Gasteiger partial charge >= 0.3 is 0 Å². The summed E-state index contributed by atoms with van der Waals surface area (Å²) in [4.78, 5) is 5.07. The molecule has 1 saturated carbocycles. The van der Waals surface area contributed by atoms with Gasteiger partial charge in [0.1, 0.15) is 17.5 Å². The van der Waals surface area contributed by atoms with Crippen molar-refractivity contribution >= 4 is 17.1 Å². The van der Waals surface area contributed by atoms with Crippen LogP contribution in [-0.2, 0) is 4.84 Å². The zero-order valence-electron chi connectivity index (χ0n) is 8.84. The predicted octanol–water partition coefficient (Wildman–Crippen LogP) is 1.61. The van der Waals surface area contributed by atoms with Gasteiger partial charge in [0, 0.05) is 0 Å². The molecule has 6 heteroatoms. The van der Waals surface area contributed by atoms with Crippen LogP contribution in [0.4, 0.5) is 0 Å². The number of nitrogens with zero attached hydrogens (tertiary/aromatic N) is 3. The topological polar surface area (TPSA) is 86.8 Å². The third kappa shape index (κ3) is 2.93. The van der Waals surface area contributed by atoms with Crippen molar-refractivity contribution in [2.24, 2.45) is 15.5 Å². The predicted molar refractivity (Wildman–Crippen MR) is 56.0 cm³/mol. The van der Waals surface area contributed by atoms with Crippen LogP contribution in [0.3, 0.4) is 0 Å². The first-order valence-corrected chi connectivity index (χ1v) is 4.85. The van der Waals surface area contributed by atoms with Gasteiger partial charge in [-0.3, -0.25) is 0 Å². The van der Waals surface area contributed by atoms with Crippen LogP contribution in [0.1, 0.15) is 33.1 Å². The fourth-order valence-corrected chi connectivity index (χ4v) is 1.30. The van der Waals surface area contributed by atoms with E-state index in [2.05, 4.69) is 15.5 Å². The van der Waals surface area contributed by atoms with E-state index in [1.54, 1.807) is 0 Å². The average Bonchev–Trinajstić information content (AvgIpc) is 2.25. The molecule has 0 aromatic heterocycles. The van der Waals surface area contributed by atoms with E-state index in [0.29, 0.717) is 24.3 Å². The molecule has 0 aromatic rings. The van der Waals surface area contributed by atoms with Crippen LogP contribution in [0, 0.1) is 0 Å². The zero-order valence-corrected chi connectivity index (χ0v) is 8.84. The van der Waals surface area contributed by atoms with Gasteiger partial charge in [-0.05, 0) is 33.1 Å². The van der Waals surface area contributed by atoms with Crippen molar-refractivity contribution in [1.29, 1.82) is 0 Å². The Morgan fingerprint density at radius 1 is 1.13 bits per heavy atom. The molecule has 0 aromatic carbocycles. The molecule has 15 heavy (non-hydrogen) atoms. The first kappa shape index (κ1) is 11.5. The van der Waals surface area contributed by atoms with E-state index in [0.717, 1.165) is 6.42 Å². The summed E-state index contributed by atoms with van der Waals surface area (Å²) in [5.74, 6) is 0. The summed E-state index contributed by atoms with van der Waals surface area (Å²) in [6.07, 6.45) is 2.01. The number of rotatable bonds is 2. The largest absolute Gasteiger partial charge is 0.411 e. The van der Waals surface area contributed by atoms with Crippen LogP contribution in [0.2, 0.25) is 0 Å². The van der Waals surface area contributed by atoms with Crippen LogP contribution in [-0.4, -0.2) is 33.7 Å². The van der Waals surface area contributed by atoms with Crippen molar-refractivity contribution < 1.29 is 15.3 Å². The van der Waals surface area contributed by atoms with Crippen LogP contribution in [0.15, 0.2) is 15.5 Å². The Morgan fingerprint density at radius 3 is 2.33 bits per heavy atom.